The van der Waals surface area contributed by atoms with Gasteiger partial charge >= 0.3 is 0 Å². The third-order valence-corrected chi connectivity index (χ3v) is 5.35. The molecule has 0 bridgehead atoms. The van der Waals surface area contributed by atoms with Crippen molar-refractivity contribution >= 4 is 5.78 Å². The van der Waals surface area contributed by atoms with Gasteiger partial charge < -0.3 is 24.1 Å². The Morgan fingerprint density at radius 2 is 1.57 bits per heavy atom. The number of hydrogen-bond donors (Lipinski definition) is 1. The van der Waals surface area contributed by atoms with E-state index in [0.717, 1.165) is 0 Å². The summed E-state index contributed by atoms with van der Waals surface area (Å²) in [6.07, 6.45) is -1.30. The van der Waals surface area contributed by atoms with E-state index < -0.39 is 11.7 Å². The van der Waals surface area contributed by atoms with Gasteiger partial charge in [0.15, 0.2) is 0 Å². The van der Waals surface area contributed by atoms with Crippen LogP contribution in [0.3, 0.4) is 0 Å². The number of carbonyl (C=O) groups excluding carboxylic acids is 1. The van der Waals surface area contributed by atoms with E-state index in [1.165, 1.54) is 14.2 Å². The van der Waals surface area contributed by atoms with Gasteiger partial charge in [0.25, 0.3) is 0 Å². The Morgan fingerprint density at radius 3 is 2.17 bits per heavy atom. The molecular weight excluding hydrogens is 384 g/mol. The van der Waals surface area contributed by atoms with Crippen LogP contribution in [0.4, 0.5) is 0 Å². The quantitative estimate of drug-likeness (QED) is 0.626. The summed E-state index contributed by atoms with van der Waals surface area (Å²) in [7, 11) is 4.58. The average Bonchev–Trinajstić information content (AvgIpc) is 3.11. The number of benzene rings is 3. The Morgan fingerprint density at radius 1 is 0.900 bits per heavy atom. The molecule has 0 aliphatic carbocycles. The zero-order chi connectivity index (χ0) is 21.3. The van der Waals surface area contributed by atoms with Crippen molar-refractivity contribution in [1.82, 2.24) is 0 Å². The molecule has 0 fully saturated rings. The summed E-state index contributed by atoms with van der Waals surface area (Å²) < 4.78 is 22.3. The lowest BCUT2D eigenvalue weighted by atomic mass is 9.80. The number of ether oxygens (including phenoxy) is 4. The van der Waals surface area contributed by atoms with E-state index in [1.807, 2.05) is 6.07 Å². The zero-order valence-corrected chi connectivity index (χ0v) is 16.9. The number of aliphatic hydroxyl groups is 1. The van der Waals surface area contributed by atoms with Crippen LogP contribution >= 0.6 is 0 Å². The van der Waals surface area contributed by atoms with Crippen LogP contribution in [0.5, 0.6) is 23.0 Å². The van der Waals surface area contributed by atoms with Gasteiger partial charge in [0, 0.05) is 23.3 Å². The average molecular weight is 406 g/mol. The van der Waals surface area contributed by atoms with Crippen LogP contribution in [0.2, 0.25) is 0 Å². The molecule has 1 aliphatic rings. The minimum Gasteiger partial charge on any atom is -0.497 e. The Bertz CT molecular complexity index is 1060. The molecule has 154 valence electrons. The highest BCUT2D eigenvalue weighted by Crippen LogP contribution is 2.55. The summed E-state index contributed by atoms with van der Waals surface area (Å²) in [6.45, 7) is 0. The van der Waals surface area contributed by atoms with Gasteiger partial charge in [0.1, 0.15) is 29.1 Å². The summed E-state index contributed by atoms with van der Waals surface area (Å²) in [5.41, 5.74) is -0.360. The summed E-state index contributed by atoms with van der Waals surface area (Å²) in [6, 6.07) is 19.0. The van der Waals surface area contributed by atoms with Crippen molar-refractivity contribution in [1.29, 1.82) is 0 Å². The lowest BCUT2D eigenvalue weighted by Crippen LogP contribution is -2.43. The predicted molar refractivity (Wildman–Crippen MR) is 111 cm³/mol. The fraction of sp³-hybridized carbons (Fsp3) is 0.208. The molecule has 0 radical (unpaired) electrons. The largest absolute Gasteiger partial charge is 0.497 e. The van der Waals surface area contributed by atoms with Crippen molar-refractivity contribution in [3.63, 3.8) is 0 Å². The minimum absolute atomic E-state index is 0.332. The Kier molecular flexibility index (Phi) is 5.10. The molecule has 0 aromatic heterocycles. The van der Waals surface area contributed by atoms with Crippen molar-refractivity contribution in [2.45, 2.75) is 11.7 Å². The molecule has 30 heavy (non-hydrogen) atoms. The van der Waals surface area contributed by atoms with Gasteiger partial charge in [-0.15, -0.1) is 0 Å². The first kappa shape index (κ1) is 19.8. The smallest absolute Gasteiger partial charge is 0.226 e. The second-order valence-corrected chi connectivity index (χ2v) is 6.91. The molecule has 2 atom stereocenters. The van der Waals surface area contributed by atoms with Crippen molar-refractivity contribution in [3.05, 3.63) is 83.4 Å². The maximum atomic E-state index is 13.8. The number of rotatable bonds is 6. The van der Waals surface area contributed by atoms with Gasteiger partial charge in [-0.25, -0.2) is 0 Å². The van der Waals surface area contributed by atoms with Crippen LogP contribution in [0.15, 0.2) is 66.7 Å². The van der Waals surface area contributed by atoms with Crippen molar-refractivity contribution in [3.8, 4) is 23.0 Å². The fourth-order valence-electron chi connectivity index (χ4n) is 3.81. The molecule has 0 saturated carbocycles. The highest BCUT2D eigenvalue weighted by molar-refractivity contribution is 6.04. The maximum Gasteiger partial charge on any atom is 0.226 e. The van der Waals surface area contributed by atoms with E-state index in [2.05, 4.69) is 0 Å². The van der Waals surface area contributed by atoms with Gasteiger partial charge in [-0.1, -0.05) is 42.5 Å². The number of Topliss-reactive ketones (excluding diaryl/α,β-unsaturated/α-hetero) is 1. The van der Waals surface area contributed by atoms with Gasteiger partial charge in [-0.3, -0.25) is 4.79 Å². The van der Waals surface area contributed by atoms with Crippen LogP contribution < -0.4 is 18.9 Å². The molecule has 6 nitrogen and oxygen atoms in total. The van der Waals surface area contributed by atoms with E-state index in [9.17, 15) is 9.90 Å². The van der Waals surface area contributed by atoms with Gasteiger partial charge in [0.2, 0.25) is 11.4 Å². The van der Waals surface area contributed by atoms with E-state index in [1.54, 1.807) is 67.8 Å². The van der Waals surface area contributed by atoms with E-state index in [0.29, 0.717) is 39.7 Å². The van der Waals surface area contributed by atoms with E-state index >= 15 is 0 Å². The Labute approximate surface area is 174 Å². The monoisotopic (exact) mass is 406 g/mol. The number of aliphatic hydroxyl groups excluding tert-OH is 1. The molecule has 3 aromatic carbocycles. The third kappa shape index (κ3) is 2.97. The summed E-state index contributed by atoms with van der Waals surface area (Å²) in [5.74, 6) is 1.48. The van der Waals surface area contributed by atoms with Crippen molar-refractivity contribution in [2.75, 3.05) is 21.3 Å². The minimum atomic E-state index is -1.68. The normalized spacial score (nSPS) is 19.5. The molecule has 1 N–H and O–H groups in total. The topological polar surface area (TPSA) is 74.2 Å². The lowest BCUT2D eigenvalue weighted by molar-refractivity contribution is -0.0157. The van der Waals surface area contributed by atoms with E-state index in [-0.39, 0.29) is 5.78 Å². The molecule has 3 aromatic rings. The summed E-state index contributed by atoms with van der Waals surface area (Å²) in [5, 5.41) is 11.5. The Hall–Kier alpha value is -3.51. The van der Waals surface area contributed by atoms with Gasteiger partial charge in [-0.05, 0) is 12.1 Å². The predicted octanol–water partition coefficient (Wildman–Crippen LogP) is 3.92. The highest BCUT2D eigenvalue weighted by atomic mass is 16.5. The number of hydrogen-bond acceptors (Lipinski definition) is 6. The first-order valence-electron chi connectivity index (χ1n) is 9.42. The first-order chi connectivity index (χ1) is 14.5. The molecule has 1 aliphatic heterocycles. The van der Waals surface area contributed by atoms with Crippen LogP contribution in [0.1, 0.15) is 27.6 Å². The first-order valence-corrected chi connectivity index (χ1v) is 9.42. The number of ketones is 1. The Balaban J connectivity index is 1.93. The van der Waals surface area contributed by atoms with Crippen LogP contribution in [0.25, 0.3) is 0 Å². The van der Waals surface area contributed by atoms with Gasteiger partial charge in [-0.2, -0.15) is 0 Å². The summed E-state index contributed by atoms with van der Waals surface area (Å²) in [4.78, 5) is 13.8. The maximum absolute atomic E-state index is 13.8. The molecular formula is C24H22O6. The van der Waals surface area contributed by atoms with E-state index in [4.69, 9.17) is 18.9 Å². The molecule has 0 spiro atoms. The molecule has 6 heteroatoms. The van der Waals surface area contributed by atoms with Crippen LogP contribution in [0, 0.1) is 0 Å². The second kappa shape index (κ2) is 7.72. The number of carbonyl (C=O) groups is 1. The third-order valence-electron chi connectivity index (χ3n) is 5.35. The zero-order valence-electron chi connectivity index (χ0n) is 16.9. The molecule has 1 heterocycles. The van der Waals surface area contributed by atoms with Crippen LogP contribution in [-0.4, -0.2) is 32.2 Å². The van der Waals surface area contributed by atoms with Crippen LogP contribution in [-0.2, 0) is 5.60 Å². The molecule has 0 saturated heterocycles. The molecule has 4 rings (SSSR count). The van der Waals surface area contributed by atoms with Crippen molar-refractivity contribution < 1.29 is 28.8 Å². The number of methoxy groups -OCH3 is 3. The van der Waals surface area contributed by atoms with Crippen molar-refractivity contribution in [2.24, 2.45) is 0 Å². The molecule has 0 unspecified atom stereocenters. The highest BCUT2D eigenvalue weighted by Gasteiger charge is 2.56. The number of fused-ring (bicyclic) bond motifs is 1. The lowest BCUT2D eigenvalue weighted by Gasteiger charge is -2.31. The fourth-order valence-corrected chi connectivity index (χ4v) is 3.81. The summed E-state index contributed by atoms with van der Waals surface area (Å²) >= 11 is 0. The standard InChI is InChI=1S/C24H22O6/c1-27-17-11-9-16(10-12-17)24(22(25)15-7-5-4-6-8-15)23(26)21-19(29-3)13-18(28-2)14-20(21)30-24/h4-14,23,26H,1-3H3/t23-,24+/m0/s1. The van der Waals surface area contributed by atoms with Gasteiger partial charge in [0.05, 0.1) is 26.9 Å². The second-order valence-electron chi connectivity index (χ2n) is 6.91. The SMILES string of the molecule is COc1ccc([C@]2(C(=O)c3ccccc3)Oc3cc(OC)cc(OC)c3[C@@H]2O)cc1. The molecule has 0 amide bonds.